The first-order valence-corrected chi connectivity index (χ1v) is 0. The molecule has 11 heteroatoms. The molecule has 0 aromatic carbocycles. The molecule has 64 valence electrons. The normalized spacial score (nSPS) is 0. The van der Waals surface area contributed by atoms with Crippen molar-refractivity contribution in [2.45, 2.75) is 0 Å². The average molecular weight is 406 g/mol. The van der Waals surface area contributed by atoms with Crippen LogP contribution in [0.1, 0.15) is 0 Å². The minimum absolute atomic E-state index is 0. The van der Waals surface area contributed by atoms with Crippen LogP contribution in [0.3, 0.4) is 0 Å². The van der Waals surface area contributed by atoms with E-state index in [2.05, 4.69) is 0 Å². The van der Waals surface area contributed by atoms with E-state index in [0.29, 0.717) is 0 Å². The van der Waals surface area contributed by atoms with E-state index in [1.807, 2.05) is 0 Å². The van der Waals surface area contributed by atoms with Crippen molar-refractivity contribution >= 4 is 0 Å². The molecule has 0 bridgehead atoms. The summed E-state index contributed by atoms with van der Waals surface area (Å²) in [6, 6.07) is 0. The summed E-state index contributed by atoms with van der Waals surface area (Å²) in [5.41, 5.74) is 0. The number of hydrogen-bond donors (Lipinski definition) is 0. The smallest absolute Gasteiger partial charge is 2.00 e. The second-order valence-corrected chi connectivity index (χ2v) is 0. The Hall–Kier alpha value is 2.33. The Bertz CT molecular complexity index is 9.30. The molecule has 0 saturated heterocycles. The third kappa shape index (κ3) is 242. The molecule has 8 nitrogen and oxygen atoms in total. The summed E-state index contributed by atoms with van der Waals surface area (Å²) in [5.74, 6) is 0. The predicted octanol–water partition coefficient (Wildman–Crippen LogP) is -1.19. The molecule has 0 rings (SSSR count). The van der Waals surface area contributed by atoms with Crippen LogP contribution in [0.2, 0.25) is 0 Å². The van der Waals surface area contributed by atoms with Gasteiger partial charge in [-0.1, -0.05) is 0 Å². The summed E-state index contributed by atoms with van der Waals surface area (Å²) >= 11 is 0. The van der Waals surface area contributed by atoms with Gasteiger partial charge in [-0.25, -0.2) is 0 Å². The fourth-order valence-corrected chi connectivity index (χ4v) is 0. The van der Waals surface area contributed by atoms with Gasteiger partial charge in [-0.05, 0) is 0 Å². The maximum Gasteiger partial charge on any atom is 4.00 e. The minimum Gasteiger partial charge on any atom is -2.00 e. The van der Waals surface area contributed by atoms with Crippen LogP contribution >= 0.6 is 0 Å². The van der Waals surface area contributed by atoms with Gasteiger partial charge in [-0.2, -0.15) is 0 Å². The summed E-state index contributed by atoms with van der Waals surface area (Å²) in [6.07, 6.45) is 0. The van der Waals surface area contributed by atoms with Crippen LogP contribution < -0.4 is 0 Å². The van der Waals surface area contributed by atoms with E-state index < -0.39 is 0 Å². The Kier molecular flexibility index (Phi) is 9900. The quantitative estimate of drug-likeness (QED) is 0.482. The topological polar surface area (TPSA) is 234 Å². The average Bonchev–Trinajstić information content (AvgIpc) is 0. The van der Waals surface area contributed by atoms with Crippen molar-refractivity contribution in [2.75, 3.05) is 0 Å². The zero-order valence-electron chi connectivity index (χ0n) is 4.92. The maximum absolute atomic E-state index is 0. The molecule has 0 saturated carbocycles. The van der Waals surface area contributed by atoms with E-state index in [9.17, 15) is 0 Å². The summed E-state index contributed by atoms with van der Waals surface area (Å²) in [4.78, 5) is 0. The molecule has 0 amide bonds. The van der Waals surface area contributed by atoms with E-state index in [0.717, 1.165) is 0 Å². The van der Waals surface area contributed by atoms with Crippen molar-refractivity contribution in [2.24, 2.45) is 0 Å². The van der Waals surface area contributed by atoms with E-state index in [-0.39, 0.29) is 122 Å². The Labute approximate surface area is 121 Å². The van der Waals surface area contributed by atoms with Gasteiger partial charge < -0.3 is 43.8 Å². The molecular weight excluding hydrogens is 402 g/mol. The van der Waals surface area contributed by atoms with Crippen molar-refractivity contribution in [3.8, 4) is 0 Å². The summed E-state index contributed by atoms with van der Waals surface area (Å²) < 4.78 is 0. The summed E-state index contributed by atoms with van der Waals surface area (Å²) in [6.45, 7) is 0. The summed E-state index contributed by atoms with van der Waals surface area (Å²) in [5, 5.41) is 0. The first-order valence-electron chi connectivity index (χ1n) is 0. The first-order chi connectivity index (χ1) is 0. The molecule has 0 aliphatic carbocycles. The Morgan fingerprint density at radius 3 is 0.273 bits per heavy atom. The molecular formula is H4O8Zr3. The molecule has 0 atom stereocenters. The van der Waals surface area contributed by atoms with Gasteiger partial charge in [-0.15, -0.1) is 0 Å². The molecule has 0 unspecified atom stereocenters. The molecule has 4 N–H and O–H groups in total. The van der Waals surface area contributed by atoms with E-state index in [4.69, 9.17) is 0 Å². The van der Waals surface area contributed by atoms with Gasteiger partial charge in [0.2, 0.25) is 0 Å². The molecule has 0 aliphatic heterocycles. The van der Waals surface area contributed by atoms with Crippen LogP contribution in [0.4, 0.5) is 0 Å². The van der Waals surface area contributed by atoms with Gasteiger partial charge in [0.25, 0.3) is 0 Å². The van der Waals surface area contributed by atoms with Gasteiger partial charge in [0.15, 0.2) is 0 Å². The van der Waals surface area contributed by atoms with Crippen molar-refractivity contribution in [3.63, 3.8) is 0 Å². The summed E-state index contributed by atoms with van der Waals surface area (Å²) in [7, 11) is 0. The Morgan fingerprint density at radius 2 is 0.273 bits per heavy atom. The molecule has 0 aromatic heterocycles. The first kappa shape index (κ1) is 373. The van der Waals surface area contributed by atoms with Gasteiger partial charge in [0.1, 0.15) is 0 Å². The Morgan fingerprint density at radius 1 is 0.273 bits per heavy atom. The van der Waals surface area contributed by atoms with Gasteiger partial charge in [0.05, 0.1) is 0 Å². The molecule has 0 aromatic rings. The van der Waals surface area contributed by atoms with E-state index >= 15 is 0 Å². The zero-order valence-corrected chi connectivity index (χ0v) is 12.3. The van der Waals surface area contributed by atoms with Crippen LogP contribution in [0, 0.1) is 0 Å². The van der Waals surface area contributed by atoms with Crippen molar-refractivity contribution in [3.05, 3.63) is 0 Å². The maximum atomic E-state index is 0. The third-order valence-corrected chi connectivity index (χ3v) is 0. The van der Waals surface area contributed by atoms with Crippen molar-refractivity contribution in [1.82, 2.24) is 0 Å². The molecule has 0 aliphatic rings. The van der Waals surface area contributed by atoms with Crippen LogP contribution in [-0.4, -0.2) is 21.9 Å². The second kappa shape index (κ2) is 292. The fourth-order valence-electron chi connectivity index (χ4n) is 0. The second-order valence-electron chi connectivity index (χ2n) is 0. The van der Waals surface area contributed by atoms with Gasteiger partial charge in [-0.3, -0.25) is 0 Å². The van der Waals surface area contributed by atoms with Crippen LogP contribution in [-0.2, 0) is 101 Å². The number of hydrogen-bond acceptors (Lipinski definition) is 4. The van der Waals surface area contributed by atoms with Crippen LogP contribution in [0.25, 0.3) is 0 Å². The molecule has 0 radical (unpaired) electrons. The zero-order chi connectivity index (χ0) is 0. The third-order valence-electron chi connectivity index (χ3n) is 0. The predicted molar refractivity (Wildman–Crippen MR) is 10.5 cm³/mol. The van der Waals surface area contributed by atoms with Crippen molar-refractivity contribution < 1.29 is 122 Å². The van der Waals surface area contributed by atoms with Crippen LogP contribution in [0.15, 0.2) is 0 Å². The molecule has 0 heterocycles. The van der Waals surface area contributed by atoms with Gasteiger partial charge in [0, 0.05) is 0 Å². The van der Waals surface area contributed by atoms with Crippen molar-refractivity contribution in [1.29, 1.82) is 0 Å². The van der Waals surface area contributed by atoms with E-state index in [1.165, 1.54) is 0 Å². The SMILES string of the molecule is [O-2].[O-2].[O-2].[O-2].[OH-].[OH-].[OH-].[OH-].[Zr+4].[Zr+4].[Zr+4]. The molecule has 0 fully saturated rings. The van der Waals surface area contributed by atoms with E-state index in [1.54, 1.807) is 0 Å². The molecule has 0 spiro atoms. The van der Waals surface area contributed by atoms with Crippen LogP contribution in [0.5, 0.6) is 0 Å². The minimum atomic E-state index is 0. The monoisotopic (exact) mass is 402 g/mol. The number of rotatable bonds is 0. The standard InChI is InChI=1S/4H2O.4O.3Zr/h4*1H2;;;;;;;/q;;;;4*-2;3*+4/p-4. The molecule has 11 heavy (non-hydrogen) atoms. The Balaban J connectivity index is 0. The fraction of sp³-hybridized carbons (Fsp3) is 0. The van der Waals surface area contributed by atoms with Gasteiger partial charge >= 0.3 is 78.6 Å². The largest absolute Gasteiger partial charge is 4.00 e.